The summed E-state index contributed by atoms with van der Waals surface area (Å²) >= 11 is 0. The van der Waals surface area contributed by atoms with Crippen molar-refractivity contribution in [2.24, 2.45) is 5.92 Å². The van der Waals surface area contributed by atoms with Crippen molar-refractivity contribution in [1.29, 1.82) is 0 Å². The molecule has 8 heteroatoms. The van der Waals surface area contributed by atoms with Gasteiger partial charge in [-0.2, -0.15) is 0 Å². The molecule has 0 aliphatic heterocycles. The predicted molar refractivity (Wildman–Crippen MR) is 185 cm³/mol. The number of ether oxygens (including phenoxy) is 2. The molecule has 8 nitrogen and oxygen atoms in total. The first-order valence-electron chi connectivity index (χ1n) is 16.9. The standard InChI is InChI=1S/C39H43N5O3/c1-46-31-20-18-30(36(23-31)47-2)25-44-37(21-19-29-24-40-34-15-9-8-14-33(29)34)42-43-38(44)35(41-39(45)27-11-4-3-5-12-27)22-28-17-16-26-10-6-7-13-32(26)28/h6-10,13-15,17-18,20,23-24,27,35,40H,3-5,11-12,16,19,21-22,25H2,1-2H3,(H,41,45)/t35-/m1/s1. The van der Waals surface area contributed by atoms with Crippen LogP contribution in [-0.2, 0) is 30.6 Å². The molecule has 1 atom stereocenters. The molecule has 0 bridgehead atoms. The number of para-hydroxylation sites is 1. The summed E-state index contributed by atoms with van der Waals surface area (Å²) in [6.45, 7) is 0.504. The van der Waals surface area contributed by atoms with E-state index in [1.165, 1.54) is 34.1 Å². The van der Waals surface area contributed by atoms with Crippen LogP contribution in [0.4, 0.5) is 0 Å². The number of amides is 1. The number of hydrogen-bond donors (Lipinski definition) is 2. The van der Waals surface area contributed by atoms with Crippen LogP contribution < -0.4 is 14.8 Å². The third kappa shape index (κ3) is 6.55. The summed E-state index contributed by atoms with van der Waals surface area (Å²) in [7, 11) is 3.34. The van der Waals surface area contributed by atoms with E-state index in [1.807, 2.05) is 24.3 Å². The van der Waals surface area contributed by atoms with Crippen molar-refractivity contribution in [2.45, 2.75) is 70.4 Å². The molecular formula is C39H43N5O3. The summed E-state index contributed by atoms with van der Waals surface area (Å²) in [5.74, 6) is 3.28. The molecule has 2 heterocycles. The van der Waals surface area contributed by atoms with Gasteiger partial charge in [0, 0.05) is 47.5 Å². The maximum Gasteiger partial charge on any atom is 0.223 e. The largest absolute Gasteiger partial charge is 0.497 e. The van der Waals surface area contributed by atoms with Gasteiger partial charge in [-0.25, -0.2) is 0 Å². The van der Waals surface area contributed by atoms with Gasteiger partial charge in [0.2, 0.25) is 5.91 Å². The molecule has 0 saturated heterocycles. The fourth-order valence-corrected chi connectivity index (χ4v) is 7.33. The average Bonchev–Trinajstić information content (AvgIpc) is 3.84. The fraction of sp³-hybridized carbons (Fsp3) is 0.359. The first-order chi connectivity index (χ1) is 23.1. The molecule has 3 aromatic carbocycles. The lowest BCUT2D eigenvalue weighted by molar-refractivity contribution is -0.126. The number of fused-ring (bicyclic) bond motifs is 2. The Morgan fingerprint density at radius 2 is 1.79 bits per heavy atom. The van der Waals surface area contributed by atoms with E-state index >= 15 is 0 Å². The van der Waals surface area contributed by atoms with E-state index in [4.69, 9.17) is 19.7 Å². The van der Waals surface area contributed by atoms with Gasteiger partial charge in [-0.3, -0.25) is 4.79 Å². The van der Waals surface area contributed by atoms with Crippen LogP contribution in [0.25, 0.3) is 16.5 Å². The van der Waals surface area contributed by atoms with Gasteiger partial charge in [-0.1, -0.05) is 67.8 Å². The summed E-state index contributed by atoms with van der Waals surface area (Å²) < 4.78 is 13.5. The summed E-state index contributed by atoms with van der Waals surface area (Å²) in [6, 6.07) is 22.5. The SMILES string of the molecule is COc1ccc(Cn2c(CCc3c[nH]c4ccccc34)nnc2[C@@H](CC2=CCc3ccccc32)NC(=O)C2CCCCC2)c(OC)c1. The average molecular weight is 630 g/mol. The third-order valence-electron chi connectivity index (χ3n) is 9.93. The number of aromatic amines is 1. The van der Waals surface area contributed by atoms with Gasteiger partial charge in [-0.05, 0) is 66.1 Å². The van der Waals surface area contributed by atoms with Crippen molar-refractivity contribution in [3.8, 4) is 11.5 Å². The van der Waals surface area contributed by atoms with Crippen molar-refractivity contribution >= 4 is 22.4 Å². The predicted octanol–water partition coefficient (Wildman–Crippen LogP) is 7.38. The quantitative estimate of drug-likeness (QED) is 0.150. The molecular weight excluding hydrogens is 586 g/mol. The molecule has 1 saturated carbocycles. The molecule has 47 heavy (non-hydrogen) atoms. The Bertz CT molecular complexity index is 1900. The highest BCUT2D eigenvalue weighted by molar-refractivity contribution is 5.83. The smallest absolute Gasteiger partial charge is 0.223 e. The number of H-pyrrole nitrogens is 1. The van der Waals surface area contributed by atoms with E-state index in [0.29, 0.717) is 19.4 Å². The number of benzene rings is 3. The lowest BCUT2D eigenvalue weighted by atomic mass is 9.88. The molecule has 2 N–H and O–H groups in total. The van der Waals surface area contributed by atoms with Crippen molar-refractivity contribution in [3.05, 3.63) is 113 Å². The Labute approximate surface area is 276 Å². The maximum absolute atomic E-state index is 13.8. The fourth-order valence-electron chi connectivity index (χ4n) is 7.33. The van der Waals surface area contributed by atoms with Crippen LogP contribution in [0.1, 0.15) is 78.5 Å². The highest BCUT2D eigenvalue weighted by Gasteiger charge is 2.30. The number of hydrogen-bond acceptors (Lipinski definition) is 5. The monoisotopic (exact) mass is 629 g/mol. The van der Waals surface area contributed by atoms with Crippen molar-refractivity contribution in [1.82, 2.24) is 25.1 Å². The van der Waals surface area contributed by atoms with Gasteiger partial charge >= 0.3 is 0 Å². The third-order valence-corrected chi connectivity index (χ3v) is 9.93. The van der Waals surface area contributed by atoms with Crippen LogP contribution in [0.5, 0.6) is 11.5 Å². The summed E-state index contributed by atoms with van der Waals surface area (Å²) in [5.41, 5.74) is 7.18. The number of carbonyl (C=O) groups excluding carboxylic acids is 1. The van der Waals surface area contributed by atoms with Gasteiger partial charge in [0.05, 0.1) is 26.8 Å². The van der Waals surface area contributed by atoms with E-state index in [0.717, 1.165) is 72.8 Å². The number of aromatic nitrogens is 4. The number of allylic oxidation sites excluding steroid dienone is 1. The molecule has 1 amide bonds. The highest BCUT2D eigenvalue weighted by atomic mass is 16.5. The molecule has 2 aromatic heterocycles. The number of nitrogens with zero attached hydrogens (tertiary/aromatic N) is 3. The Morgan fingerprint density at radius 3 is 2.64 bits per heavy atom. The van der Waals surface area contributed by atoms with Crippen molar-refractivity contribution < 1.29 is 14.3 Å². The molecule has 1 fully saturated rings. The van der Waals surface area contributed by atoms with Crippen LogP contribution in [0.15, 0.2) is 79.0 Å². The molecule has 0 radical (unpaired) electrons. The van der Waals surface area contributed by atoms with Crippen LogP contribution >= 0.6 is 0 Å². The van der Waals surface area contributed by atoms with Gasteiger partial charge in [0.15, 0.2) is 5.82 Å². The summed E-state index contributed by atoms with van der Waals surface area (Å²) in [4.78, 5) is 17.2. The minimum atomic E-state index is -0.333. The minimum Gasteiger partial charge on any atom is -0.497 e. The first kappa shape index (κ1) is 30.8. The molecule has 2 aliphatic rings. The second kappa shape index (κ2) is 13.9. The minimum absolute atomic E-state index is 0.0375. The summed E-state index contributed by atoms with van der Waals surface area (Å²) in [6.07, 6.45) is 12.7. The zero-order valence-electron chi connectivity index (χ0n) is 27.3. The molecule has 7 rings (SSSR count). The number of rotatable bonds is 12. The number of methoxy groups -OCH3 is 2. The normalized spacial score (nSPS) is 15.3. The van der Waals surface area contributed by atoms with Crippen LogP contribution in [0.2, 0.25) is 0 Å². The van der Waals surface area contributed by atoms with E-state index in [9.17, 15) is 4.79 Å². The van der Waals surface area contributed by atoms with Crippen LogP contribution in [-0.4, -0.2) is 39.9 Å². The number of carbonyl (C=O) groups is 1. The van der Waals surface area contributed by atoms with Crippen molar-refractivity contribution in [2.75, 3.05) is 14.2 Å². The Balaban J connectivity index is 1.26. The summed E-state index contributed by atoms with van der Waals surface area (Å²) in [5, 5.41) is 14.4. The second-order valence-corrected chi connectivity index (χ2v) is 12.8. The van der Waals surface area contributed by atoms with Gasteiger partial charge in [-0.15, -0.1) is 10.2 Å². The number of aryl methyl sites for hydroxylation is 2. The Kier molecular flexibility index (Phi) is 9.09. The molecule has 0 spiro atoms. The van der Waals surface area contributed by atoms with Crippen LogP contribution in [0, 0.1) is 5.92 Å². The first-order valence-corrected chi connectivity index (χ1v) is 16.9. The second-order valence-electron chi connectivity index (χ2n) is 12.8. The van der Waals surface area contributed by atoms with E-state index in [2.05, 4.69) is 69.6 Å². The maximum atomic E-state index is 13.8. The van der Waals surface area contributed by atoms with E-state index < -0.39 is 0 Å². The van der Waals surface area contributed by atoms with Gasteiger partial charge in [0.25, 0.3) is 0 Å². The Hall–Kier alpha value is -4.85. The highest BCUT2D eigenvalue weighted by Crippen LogP contribution is 2.36. The molecule has 2 aliphatic carbocycles. The topological polar surface area (TPSA) is 94.1 Å². The lowest BCUT2D eigenvalue weighted by Gasteiger charge is -2.26. The lowest BCUT2D eigenvalue weighted by Crippen LogP contribution is -2.36. The number of nitrogens with one attached hydrogen (secondary N) is 2. The zero-order chi connectivity index (χ0) is 32.2. The van der Waals surface area contributed by atoms with Crippen molar-refractivity contribution in [3.63, 3.8) is 0 Å². The molecule has 242 valence electrons. The molecule has 5 aromatic rings. The van der Waals surface area contributed by atoms with E-state index in [-0.39, 0.29) is 17.9 Å². The molecule has 0 unspecified atom stereocenters. The van der Waals surface area contributed by atoms with Crippen LogP contribution in [0.3, 0.4) is 0 Å². The zero-order valence-corrected chi connectivity index (χ0v) is 27.3. The Morgan fingerprint density at radius 1 is 0.957 bits per heavy atom. The van der Waals surface area contributed by atoms with E-state index in [1.54, 1.807) is 14.2 Å². The van der Waals surface area contributed by atoms with Gasteiger partial charge < -0.3 is 24.3 Å². The van der Waals surface area contributed by atoms with Gasteiger partial charge in [0.1, 0.15) is 17.3 Å².